The van der Waals surface area contributed by atoms with E-state index in [9.17, 15) is 0 Å². The third kappa shape index (κ3) is 2.97. The van der Waals surface area contributed by atoms with E-state index in [2.05, 4.69) is 57.2 Å². The minimum Gasteiger partial charge on any atom is -0.298 e. The minimum atomic E-state index is 0.683. The van der Waals surface area contributed by atoms with E-state index in [1.807, 2.05) is 12.4 Å². The fourth-order valence-corrected chi connectivity index (χ4v) is 5.82. The van der Waals surface area contributed by atoms with E-state index in [0.717, 1.165) is 24.4 Å². The highest BCUT2D eigenvalue weighted by Gasteiger charge is 2.52. The zero-order chi connectivity index (χ0) is 17.3. The first-order valence-corrected chi connectivity index (χ1v) is 10.3. The Balaban J connectivity index is 1.33. The van der Waals surface area contributed by atoms with Crippen molar-refractivity contribution in [2.24, 2.45) is 5.92 Å². The van der Waals surface area contributed by atoms with Crippen LogP contribution in [0.15, 0.2) is 54.9 Å². The molecule has 0 N–H and O–H groups in total. The lowest BCUT2D eigenvalue weighted by Gasteiger charge is -2.51. The quantitative estimate of drug-likeness (QED) is 0.824. The molecule has 3 atom stereocenters. The van der Waals surface area contributed by atoms with Crippen LogP contribution in [-0.4, -0.2) is 53.0 Å². The van der Waals surface area contributed by atoms with Crippen LogP contribution in [0.25, 0.3) is 0 Å². The molecule has 4 aliphatic rings. The third-order valence-corrected chi connectivity index (χ3v) is 6.96. The molecule has 3 heteroatoms. The number of rotatable bonds is 5. The van der Waals surface area contributed by atoms with Crippen LogP contribution in [0.1, 0.15) is 36.3 Å². The molecule has 3 nitrogen and oxygen atoms in total. The maximum absolute atomic E-state index is 4.26. The van der Waals surface area contributed by atoms with Crippen LogP contribution >= 0.6 is 0 Å². The minimum absolute atomic E-state index is 0.683. The molecule has 0 radical (unpaired) electrons. The Morgan fingerprint density at radius 1 is 0.962 bits per heavy atom. The zero-order valence-corrected chi connectivity index (χ0v) is 15.5. The first-order chi connectivity index (χ1) is 12.9. The first kappa shape index (κ1) is 16.5. The lowest BCUT2D eigenvalue weighted by Crippen LogP contribution is -2.60. The molecule has 2 aromatic rings. The van der Waals surface area contributed by atoms with Gasteiger partial charge in [-0.05, 0) is 68.4 Å². The van der Waals surface area contributed by atoms with Gasteiger partial charge in [0.2, 0.25) is 0 Å². The van der Waals surface area contributed by atoms with E-state index < -0.39 is 0 Å². The van der Waals surface area contributed by atoms with Gasteiger partial charge in [-0.2, -0.15) is 0 Å². The molecule has 0 spiro atoms. The van der Waals surface area contributed by atoms with Crippen molar-refractivity contribution in [3.05, 3.63) is 66.0 Å². The molecule has 4 aliphatic heterocycles. The topological polar surface area (TPSA) is 19.4 Å². The summed E-state index contributed by atoms with van der Waals surface area (Å²) in [4.78, 5) is 9.91. The van der Waals surface area contributed by atoms with Crippen molar-refractivity contribution in [3.63, 3.8) is 0 Å². The number of aromatic nitrogens is 1. The number of hydrogen-bond donors (Lipinski definition) is 0. The number of likely N-dealkylation sites (tertiary alicyclic amines) is 1. The van der Waals surface area contributed by atoms with Gasteiger partial charge in [-0.3, -0.25) is 14.8 Å². The average Bonchev–Trinajstić information content (AvgIpc) is 3.12. The Hall–Kier alpha value is -1.71. The molecular formula is C23H29N3. The molecule has 6 rings (SSSR count). The molecule has 4 fully saturated rings. The second-order valence-corrected chi connectivity index (χ2v) is 8.33. The van der Waals surface area contributed by atoms with Gasteiger partial charge in [-0.15, -0.1) is 0 Å². The lowest BCUT2D eigenvalue weighted by molar-refractivity contribution is -0.00667. The number of benzene rings is 1. The maximum Gasteiger partial charge on any atom is 0.0335 e. The van der Waals surface area contributed by atoms with Crippen molar-refractivity contribution in [3.8, 4) is 0 Å². The third-order valence-electron chi connectivity index (χ3n) is 6.96. The van der Waals surface area contributed by atoms with Crippen LogP contribution in [0.4, 0.5) is 0 Å². The van der Waals surface area contributed by atoms with Gasteiger partial charge in [0.25, 0.3) is 0 Å². The van der Waals surface area contributed by atoms with Crippen LogP contribution in [0.5, 0.6) is 0 Å². The summed E-state index contributed by atoms with van der Waals surface area (Å²) in [5.74, 6) is 1.60. The molecule has 26 heavy (non-hydrogen) atoms. The smallest absolute Gasteiger partial charge is 0.0335 e. The Bertz CT molecular complexity index is 709. The molecule has 0 aliphatic carbocycles. The summed E-state index contributed by atoms with van der Waals surface area (Å²) >= 11 is 0. The largest absolute Gasteiger partial charge is 0.298 e. The Kier molecular flexibility index (Phi) is 4.51. The van der Waals surface area contributed by atoms with Gasteiger partial charge >= 0.3 is 0 Å². The average molecular weight is 348 g/mol. The van der Waals surface area contributed by atoms with E-state index in [-0.39, 0.29) is 0 Å². The number of nitrogens with zero attached hydrogens (tertiary/aromatic N) is 3. The van der Waals surface area contributed by atoms with E-state index in [4.69, 9.17) is 0 Å². The van der Waals surface area contributed by atoms with Gasteiger partial charge in [0, 0.05) is 36.9 Å². The highest BCUT2D eigenvalue weighted by Crippen LogP contribution is 2.46. The monoisotopic (exact) mass is 347 g/mol. The zero-order valence-electron chi connectivity index (χ0n) is 15.5. The van der Waals surface area contributed by atoms with Gasteiger partial charge in [-0.25, -0.2) is 0 Å². The second kappa shape index (κ2) is 7.13. The SMILES string of the molecule is c1ccc([C@H]2CN(CCCc3cccnc3)[C@H]3C4CCN(CC4)[C@@H]23)cc1. The van der Waals surface area contributed by atoms with Gasteiger partial charge in [0.15, 0.2) is 0 Å². The fourth-order valence-electron chi connectivity index (χ4n) is 5.82. The lowest BCUT2D eigenvalue weighted by atomic mass is 9.75. The predicted molar refractivity (Wildman–Crippen MR) is 105 cm³/mol. The number of hydrogen-bond acceptors (Lipinski definition) is 3. The van der Waals surface area contributed by atoms with E-state index in [1.54, 1.807) is 5.56 Å². The van der Waals surface area contributed by atoms with Crippen LogP contribution in [0.2, 0.25) is 0 Å². The summed E-state index contributed by atoms with van der Waals surface area (Å²) in [5, 5.41) is 0. The van der Waals surface area contributed by atoms with Crippen molar-refractivity contribution in [1.29, 1.82) is 0 Å². The number of piperidine rings is 3. The molecular weight excluding hydrogens is 318 g/mol. The number of aryl methyl sites for hydroxylation is 1. The van der Waals surface area contributed by atoms with Crippen molar-refractivity contribution < 1.29 is 0 Å². The molecule has 1 aromatic heterocycles. The first-order valence-electron chi connectivity index (χ1n) is 10.3. The molecule has 4 saturated heterocycles. The van der Waals surface area contributed by atoms with Crippen molar-refractivity contribution >= 4 is 0 Å². The molecule has 0 amide bonds. The van der Waals surface area contributed by atoms with Gasteiger partial charge in [0.05, 0.1) is 0 Å². The van der Waals surface area contributed by atoms with Gasteiger partial charge in [-0.1, -0.05) is 36.4 Å². The molecule has 0 unspecified atom stereocenters. The van der Waals surface area contributed by atoms with Crippen molar-refractivity contribution in [2.45, 2.75) is 43.7 Å². The summed E-state index contributed by atoms with van der Waals surface area (Å²) in [6.07, 6.45) is 9.08. The second-order valence-electron chi connectivity index (χ2n) is 8.33. The predicted octanol–water partition coefficient (Wildman–Crippen LogP) is 3.58. The standard InChI is InChI=1S/C23H29N3/c1-2-8-19(9-3-1)21-17-26(13-5-7-18-6-4-12-24-16-18)22-20-10-14-25(15-11-20)23(21)22/h1-4,6,8-9,12,16,20-23H,5,7,10-11,13-15,17H2/t21-,22+,23+/m1/s1. The van der Waals surface area contributed by atoms with E-state index in [1.165, 1.54) is 51.0 Å². The number of fused-ring (bicyclic) bond motifs is 2. The van der Waals surface area contributed by atoms with E-state index in [0.29, 0.717) is 5.92 Å². The number of pyridine rings is 1. The normalized spacial score (nSPS) is 33.3. The van der Waals surface area contributed by atoms with Crippen molar-refractivity contribution in [1.82, 2.24) is 14.8 Å². The summed E-state index contributed by atoms with van der Waals surface area (Å²) in [6.45, 7) is 5.10. The molecule has 2 bridgehead atoms. The van der Waals surface area contributed by atoms with E-state index >= 15 is 0 Å². The molecule has 136 valence electrons. The van der Waals surface area contributed by atoms with Gasteiger partial charge < -0.3 is 0 Å². The van der Waals surface area contributed by atoms with Gasteiger partial charge in [0.1, 0.15) is 0 Å². The summed E-state index contributed by atoms with van der Waals surface area (Å²) in [5.41, 5.74) is 2.92. The fraction of sp³-hybridized carbons (Fsp3) is 0.522. The highest BCUT2D eigenvalue weighted by atomic mass is 15.3. The summed E-state index contributed by atoms with van der Waals surface area (Å²) in [7, 11) is 0. The summed E-state index contributed by atoms with van der Waals surface area (Å²) < 4.78 is 0. The molecule has 0 saturated carbocycles. The Morgan fingerprint density at radius 3 is 2.58 bits per heavy atom. The van der Waals surface area contributed by atoms with Crippen LogP contribution in [0, 0.1) is 5.92 Å². The molecule has 5 heterocycles. The Labute approximate surface area is 157 Å². The van der Waals surface area contributed by atoms with Crippen LogP contribution in [-0.2, 0) is 6.42 Å². The molecule has 1 aromatic carbocycles. The van der Waals surface area contributed by atoms with Crippen LogP contribution in [0.3, 0.4) is 0 Å². The Morgan fingerprint density at radius 2 is 1.81 bits per heavy atom. The highest BCUT2D eigenvalue weighted by molar-refractivity contribution is 5.27. The maximum atomic E-state index is 4.26. The van der Waals surface area contributed by atoms with Crippen LogP contribution < -0.4 is 0 Å². The summed E-state index contributed by atoms with van der Waals surface area (Å²) in [6, 6.07) is 17.1. The van der Waals surface area contributed by atoms with Crippen molar-refractivity contribution in [2.75, 3.05) is 26.2 Å².